The van der Waals surface area contributed by atoms with Gasteiger partial charge in [-0.15, -0.1) is 23.1 Å². The van der Waals surface area contributed by atoms with E-state index in [1.807, 2.05) is 25.1 Å². The van der Waals surface area contributed by atoms with Gasteiger partial charge in [-0.25, -0.2) is 4.98 Å². The molecule has 0 unspecified atom stereocenters. The molecule has 1 N–H and O–H groups in total. The van der Waals surface area contributed by atoms with Crippen LogP contribution in [0.2, 0.25) is 0 Å². The fourth-order valence-electron chi connectivity index (χ4n) is 3.36. The molecule has 0 bridgehead atoms. The van der Waals surface area contributed by atoms with Crippen LogP contribution in [0.4, 0.5) is 5.69 Å². The number of aromatic nitrogens is 1. The molecule has 2 fully saturated rings. The summed E-state index contributed by atoms with van der Waals surface area (Å²) >= 11 is 3.32. The third kappa shape index (κ3) is 2.42. The lowest BCUT2D eigenvalue weighted by Gasteiger charge is -2.29. The number of benzene rings is 1. The Morgan fingerprint density at radius 3 is 3.13 bits per heavy atom. The van der Waals surface area contributed by atoms with Crippen molar-refractivity contribution in [2.24, 2.45) is 0 Å². The first-order valence-electron chi connectivity index (χ1n) is 7.60. The van der Waals surface area contributed by atoms with Crippen molar-refractivity contribution in [1.82, 2.24) is 9.88 Å². The van der Waals surface area contributed by atoms with Crippen molar-refractivity contribution in [2.75, 3.05) is 11.1 Å². The van der Waals surface area contributed by atoms with Gasteiger partial charge in [0.2, 0.25) is 11.8 Å². The van der Waals surface area contributed by atoms with E-state index in [1.165, 1.54) is 0 Å². The first kappa shape index (κ1) is 15.0. The average Bonchev–Trinajstić information content (AvgIpc) is 3.12. The van der Waals surface area contributed by atoms with Crippen molar-refractivity contribution >= 4 is 50.8 Å². The van der Waals surface area contributed by atoms with E-state index in [-0.39, 0.29) is 22.7 Å². The van der Waals surface area contributed by atoms with Crippen molar-refractivity contribution in [3.05, 3.63) is 23.2 Å². The number of amides is 2. The van der Waals surface area contributed by atoms with Gasteiger partial charge in [0.1, 0.15) is 6.04 Å². The molecule has 2 amide bonds. The second kappa shape index (κ2) is 5.21. The Hall–Kier alpha value is -1.60. The molecular formula is C16H17N3O2S2. The molecule has 0 spiro atoms. The van der Waals surface area contributed by atoms with Gasteiger partial charge in [0.25, 0.3) is 0 Å². The van der Waals surface area contributed by atoms with Gasteiger partial charge in [-0.05, 0) is 38.5 Å². The summed E-state index contributed by atoms with van der Waals surface area (Å²) in [6.45, 7) is 4.03. The monoisotopic (exact) mass is 347 g/mol. The van der Waals surface area contributed by atoms with E-state index in [4.69, 9.17) is 0 Å². The molecule has 3 heterocycles. The summed E-state index contributed by atoms with van der Waals surface area (Å²) in [5.41, 5.74) is 1.71. The van der Waals surface area contributed by atoms with Crippen molar-refractivity contribution in [2.45, 2.75) is 37.6 Å². The standard InChI is InChI=1S/C16H17N3O2S2/c1-9-17-11-4-3-10(7-13(11)23-9)18-15(21)12-8-22-16(2)6-5-14(20)19(12)16/h3-4,7,12H,5-6,8H2,1-2H3,(H,18,21)/t12-,16-/m1/s1. The van der Waals surface area contributed by atoms with E-state index in [9.17, 15) is 9.59 Å². The number of thiazole rings is 1. The quantitative estimate of drug-likeness (QED) is 0.907. The van der Waals surface area contributed by atoms with Crippen LogP contribution < -0.4 is 5.32 Å². The van der Waals surface area contributed by atoms with Crippen LogP contribution in [0.15, 0.2) is 18.2 Å². The highest BCUT2D eigenvalue weighted by Crippen LogP contribution is 2.47. The van der Waals surface area contributed by atoms with Gasteiger partial charge in [-0.3, -0.25) is 9.59 Å². The van der Waals surface area contributed by atoms with Gasteiger partial charge in [-0.1, -0.05) is 0 Å². The van der Waals surface area contributed by atoms with Crippen LogP contribution in [0.25, 0.3) is 10.2 Å². The number of thioether (sulfide) groups is 1. The lowest BCUT2D eigenvalue weighted by atomic mass is 10.2. The van der Waals surface area contributed by atoms with Crippen LogP contribution in [-0.2, 0) is 9.59 Å². The highest BCUT2D eigenvalue weighted by Gasteiger charge is 2.52. The van der Waals surface area contributed by atoms with Crippen LogP contribution >= 0.6 is 23.1 Å². The van der Waals surface area contributed by atoms with Crippen molar-refractivity contribution in [3.63, 3.8) is 0 Å². The Bertz CT molecular complexity index is 819. The number of hydrogen-bond acceptors (Lipinski definition) is 5. The van der Waals surface area contributed by atoms with Crippen molar-refractivity contribution in [3.8, 4) is 0 Å². The number of carbonyl (C=O) groups is 2. The molecule has 0 saturated carbocycles. The molecule has 1 aromatic carbocycles. The maximum Gasteiger partial charge on any atom is 0.248 e. The fourth-order valence-corrected chi connectivity index (χ4v) is 5.66. The SMILES string of the molecule is Cc1nc2ccc(NC(=O)[C@H]3CS[C@]4(C)CCC(=O)N34)cc2s1. The Balaban J connectivity index is 1.56. The largest absolute Gasteiger partial charge is 0.324 e. The molecule has 1 aromatic heterocycles. The summed E-state index contributed by atoms with van der Waals surface area (Å²) in [4.78, 5) is 30.8. The molecule has 0 radical (unpaired) electrons. The first-order chi connectivity index (χ1) is 11.0. The van der Waals surface area contributed by atoms with Gasteiger partial charge in [-0.2, -0.15) is 0 Å². The summed E-state index contributed by atoms with van der Waals surface area (Å²) in [5.74, 6) is 0.652. The molecule has 0 aliphatic carbocycles. The zero-order valence-corrected chi connectivity index (χ0v) is 14.6. The number of aryl methyl sites for hydroxylation is 1. The predicted octanol–water partition coefficient (Wildman–Crippen LogP) is 3.00. The van der Waals surface area contributed by atoms with Gasteiger partial charge >= 0.3 is 0 Å². The number of anilines is 1. The van der Waals surface area contributed by atoms with Gasteiger partial charge in [0.15, 0.2) is 0 Å². The number of rotatable bonds is 2. The number of hydrogen-bond donors (Lipinski definition) is 1. The minimum absolute atomic E-state index is 0.0891. The summed E-state index contributed by atoms with van der Waals surface area (Å²) in [7, 11) is 0. The van der Waals surface area contributed by atoms with E-state index in [2.05, 4.69) is 17.2 Å². The number of nitrogens with zero attached hydrogens (tertiary/aromatic N) is 2. The van der Waals surface area contributed by atoms with E-state index in [1.54, 1.807) is 28.0 Å². The summed E-state index contributed by atoms with van der Waals surface area (Å²) in [6.07, 6.45) is 1.37. The van der Waals surface area contributed by atoms with E-state index in [0.29, 0.717) is 12.2 Å². The van der Waals surface area contributed by atoms with E-state index >= 15 is 0 Å². The third-order valence-electron chi connectivity index (χ3n) is 4.51. The molecule has 120 valence electrons. The Morgan fingerprint density at radius 1 is 1.48 bits per heavy atom. The molecule has 2 aromatic rings. The zero-order valence-electron chi connectivity index (χ0n) is 13.0. The smallest absolute Gasteiger partial charge is 0.248 e. The molecule has 2 atom stereocenters. The molecule has 4 rings (SSSR count). The van der Waals surface area contributed by atoms with Crippen LogP contribution in [0.3, 0.4) is 0 Å². The predicted molar refractivity (Wildman–Crippen MR) is 93.7 cm³/mol. The van der Waals surface area contributed by atoms with E-state index in [0.717, 1.165) is 27.3 Å². The van der Waals surface area contributed by atoms with Gasteiger partial charge in [0.05, 0.1) is 20.1 Å². The van der Waals surface area contributed by atoms with Crippen molar-refractivity contribution in [1.29, 1.82) is 0 Å². The van der Waals surface area contributed by atoms with Crippen LogP contribution in [0.5, 0.6) is 0 Å². The Morgan fingerprint density at radius 2 is 2.30 bits per heavy atom. The number of nitrogens with one attached hydrogen (secondary N) is 1. The van der Waals surface area contributed by atoms with Crippen molar-refractivity contribution < 1.29 is 9.59 Å². The van der Waals surface area contributed by atoms with Crippen LogP contribution in [0, 0.1) is 6.92 Å². The Labute approximate surface area is 142 Å². The second-order valence-electron chi connectivity index (χ2n) is 6.17. The van der Waals surface area contributed by atoms with Gasteiger partial charge in [0, 0.05) is 17.9 Å². The minimum Gasteiger partial charge on any atom is -0.324 e. The Kier molecular flexibility index (Phi) is 3.39. The minimum atomic E-state index is -0.376. The molecular weight excluding hydrogens is 330 g/mol. The normalized spacial score (nSPS) is 26.8. The lowest BCUT2D eigenvalue weighted by molar-refractivity contribution is -0.135. The maximum atomic E-state index is 12.7. The number of carbonyl (C=O) groups excluding carboxylic acids is 2. The molecule has 7 heteroatoms. The maximum absolute atomic E-state index is 12.7. The molecule has 2 aliphatic heterocycles. The highest BCUT2D eigenvalue weighted by molar-refractivity contribution is 8.01. The highest BCUT2D eigenvalue weighted by atomic mass is 32.2. The number of fused-ring (bicyclic) bond motifs is 2. The van der Waals surface area contributed by atoms with Crippen LogP contribution in [-0.4, -0.2) is 38.4 Å². The second-order valence-corrected chi connectivity index (χ2v) is 8.91. The average molecular weight is 347 g/mol. The topological polar surface area (TPSA) is 62.3 Å². The summed E-state index contributed by atoms with van der Waals surface area (Å²) < 4.78 is 1.06. The fraction of sp³-hybridized carbons (Fsp3) is 0.438. The third-order valence-corrected chi connectivity index (χ3v) is 6.95. The van der Waals surface area contributed by atoms with E-state index < -0.39 is 0 Å². The summed E-state index contributed by atoms with van der Waals surface area (Å²) in [6, 6.07) is 5.36. The van der Waals surface area contributed by atoms with Crippen LogP contribution in [0.1, 0.15) is 24.8 Å². The lowest BCUT2D eigenvalue weighted by Crippen LogP contribution is -2.48. The zero-order chi connectivity index (χ0) is 16.2. The molecule has 2 saturated heterocycles. The molecule has 2 aliphatic rings. The molecule has 5 nitrogen and oxygen atoms in total. The molecule has 23 heavy (non-hydrogen) atoms. The first-order valence-corrected chi connectivity index (χ1v) is 9.41. The summed E-state index contributed by atoms with van der Waals surface area (Å²) in [5, 5.41) is 3.98. The van der Waals surface area contributed by atoms with Gasteiger partial charge < -0.3 is 10.2 Å².